The SMILES string of the molecule is CCc1c(N2CCN(C)CC2)c(N2CCN(C)CC2)cc2c1=Nc1c(C)cccc1S=2I. The zero-order chi connectivity index (χ0) is 22.4. The molecule has 3 aliphatic heterocycles. The van der Waals surface area contributed by atoms with Crippen molar-refractivity contribution in [1.82, 2.24) is 9.80 Å². The molecule has 0 aromatic heterocycles. The van der Waals surface area contributed by atoms with Crippen molar-refractivity contribution in [1.29, 1.82) is 0 Å². The molecule has 172 valence electrons. The van der Waals surface area contributed by atoms with Gasteiger partial charge in [0.25, 0.3) is 0 Å². The second-order valence-corrected chi connectivity index (χ2v) is 13.3. The number of fused-ring (bicyclic) bond motifs is 2. The van der Waals surface area contributed by atoms with Crippen LogP contribution in [0.1, 0.15) is 18.1 Å². The minimum Gasteiger partial charge on any atom is -0.367 e. The first kappa shape index (κ1) is 22.6. The molecule has 0 saturated carbocycles. The molecule has 0 spiro atoms. The van der Waals surface area contributed by atoms with E-state index in [0.29, 0.717) is 0 Å². The molecular weight excluding hydrogens is 529 g/mol. The van der Waals surface area contributed by atoms with Gasteiger partial charge in [0, 0.05) is 67.3 Å². The van der Waals surface area contributed by atoms with Gasteiger partial charge in [0.1, 0.15) is 0 Å². The van der Waals surface area contributed by atoms with Crippen LogP contribution in [0, 0.1) is 11.4 Å². The third kappa shape index (κ3) is 3.99. The fourth-order valence-corrected chi connectivity index (χ4v) is 8.53. The monoisotopic (exact) mass is 563 g/mol. The van der Waals surface area contributed by atoms with Crippen molar-refractivity contribution in [2.45, 2.75) is 25.2 Å². The number of halogens is 1. The summed E-state index contributed by atoms with van der Waals surface area (Å²) in [6.07, 6.45) is 1.02. The predicted molar refractivity (Wildman–Crippen MR) is 146 cm³/mol. The average molecular weight is 564 g/mol. The molecule has 32 heavy (non-hydrogen) atoms. The first-order valence-corrected chi connectivity index (χ1v) is 15.5. The molecule has 0 aliphatic carbocycles. The summed E-state index contributed by atoms with van der Waals surface area (Å²) in [6, 6.07) is 9.18. The highest BCUT2D eigenvalue weighted by molar-refractivity contribution is 14.2. The second-order valence-electron chi connectivity index (χ2n) is 9.29. The van der Waals surface area contributed by atoms with Crippen LogP contribution in [0.25, 0.3) is 0 Å². The minimum absolute atomic E-state index is 0.00954. The third-order valence-corrected chi connectivity index (χ3v) is 11.4. The van der Waals surface area contributed by atoms with Gasteiger partial charge in [0.2, 0.25) is 0 Å². The Balaban J connectivity index is 1.76. The molecule has 2 fully saturated rings. The number of benzene rings is 2. The van der Waals surface area contributed by atoms with Crippen LogP contribution in [-0.2, 0) is 6.42 Å². The number of para-hydroxylation sites is 1. The van der Waals surface area contributed by atoms with Crippen LogP contribution in [0.15, 0.2) is 34.2 Å². The molecule has 0 radical (unpaired) electrons. The van der Waals surface area contributed by atoms with Gasteiger partial charge >= 0.3 is 0 Å². The maximum atomic E-state index is 5.34. The van der Waals surface area contributed by atoms with Crippen LogP contribution in [-0.4, -0.2) is 76.3 Å². The van der Waals surface area contributed by atoms with Gasteiger partial charge in [-0.25, -0.2) is 4.99 Å². The molecule has 1 unspecified atom stereocenters. The molecule has 3 aliphatic rings. The molecule has 2 saturated heterocycles. The van der Waals surface area contributed by atoms with E-state index in [0.717, 1.165) is 58.8 Å². The van der Waals surface area contributed by atoms with Gasteiger partial charge in [0.05, 0.1) is 22.4 Å². The fraction of sp³-hybridized carbons (Fsp3) is 0.520. The van der Waals surface area contributed by atoms with E-state index >= 15 is 0 Å². The number of piperazine rings is 2. The number of aryl methyl sites for hydroxylation is 1. The van der Waals surface area contributed by atoms with E-state index < -0.39 is 0 Å². The highest BCUT2D eigenvalue weighted by Gasteiger charge is 2.27. The van der Waals surface area contributed by atoms with E-state index in [1.54, 1.807) is 0 Å². The highest BCUT2D eigenvalue weighted by atomic mass is 127. The lowest BCUT2D eigenvalue weighted by molar-refractivity contribution is 0.309. The number of anilines is 2. The zero-order valence-electron chi connectivity index (χ0n) is 19.7. The Bertz CT molecular complexity index is 1150. The maximum absolute atomic E-state index is 5.34. The molecule has 0 amide bonds. The predicted octanol–water partition coefficient (Wildman–Crippen LogP) is 4.25. The van der Waals surface area contributed by atoms with Crippen LogP contribution < -0.4 is 15.2 Å². The van der Waals surface area contributed by atoms with Crippen LogP contribution in [0.4, 0.5) is 17.1 Å². The van der Waals surface area contributed by atoms with Crippen molar-refractivity contribution in [2.24, 2.45) is 4.99 Å². The number of nitrogens with zero attached hydrogens (tertiary/aromatic N) is 5. The van der Waals surface area contributed by atoms with Gasteiger partial charge in [-0.2, -0.15) is 0 Å². The van der Waals surface area contributed by atoms with Crippen molar-refractivity contribution in [3.63, 3.8) is 0 Å². The van der Waals surface area contributed by atoms with E-state index in [2.05, 4.69) is 93.0 Å². The van der Waals surface area contributed by atoms with Crippen LogP contribution in [0.5, 0.6) is 0 Å². The number of rotatable bonds is 3. The third-order valence-electron chi connectivity index (χ3n) is 7.14. The van der Waals surface area contributed by atoms with Gasteiger partial charge in [-0.1, -0.05) is 26.7 Å². The van der Waals surface area contributed by atoms with E-state index in [1.165, 1.54) is 43.0 Å². The Morgan fingerprint density at radius 1 is 0.938 bits per heavy atom. The summed E-state index contributed by atoms with van der Waals surface area (Å²) in [4.78, 5) is 16.9. The van der Waals surface area contributed by atoms with E-state index in [1.807, 2.05) is 0 Å². The van der Waals surface area contributed by atoms with Crippen LogP contribution in [0.2, 0.25) is 0 Å². The van der Waals surface area contributed by atoms with Gasteiger partial charge < -0.3 is 19.6 Å². The molecule has 2 aromatic rings. The van der Waals surface area contributed by atoms with E-state index in [9.17, 15) is 0 Å². The summed E-state index contributed by atoms with van der Waals surface area (Å²) >= 11 is 2.67. The molecule has 3 heterocycles. The Labute approximate surface area is 206 Å². The molecule has 5 nitrogen and oxygen atoms in total. The maximum Gasteiger partial charge on any atom is 0.0830 e. The number of hydrogen-bond donors (Lipinski definition) is 0. The summed E-state index contributed by atoms with van der Waals surface area (Å²) in [5.41, 5.74) is 6.83. The number of hydrogen-bond acceptors (Lipinski definition) is 5. The van der Waals surface area contributed by atoms with Crippen LogP contribution in [0.3, 0.4) is 0 Å². The quantitative estimate of drug-likeness (QED) is 0.412. The highest BCUT2D eigenvalue weighted by Crippen LogP contribution is 2.47. The smallest absolute Gasteiger partial charge is 0.0830 e. The molecular formula is C25H34IN5S. The molecule has 1 atom stereocenters. The van der Waals surface area contributed by atoms with Crippen molar-refractivity contribution in [3.05, 3.63) is 45.3 Å². The van der Waals surface area contributed by atoms with Crippen molar-refractivity contribution >= 4 is 45.9 Å². The zero-order valence-corrected chi connectivity index (χ0v) is 22.7. The number of likely N-dealkylation sites (N-methyl/N-ethyl adjacent to an activating group) is 2. The molecule has 7 heteroatoms. The molecule has 0 bridgehead atoms. The normalized spacial score (nSPS) is 21.8. The minimum atomic E-state index is 0.00954. The Morgan fingerprint density at radius 3 is 2.19 bits per heavy atom. The average Bonchev–Trinajstić information content (AvgIpc) is 2.80. The van der Waals surface area contributed by atoms with Crippen LogP contribution >= 0.6 is 28.9 Å². The Morgan fingerprint density at radius 2 is 1.56 bits per heavy atom. The van der Waals surface area contributed by atoms with E-state index in [4.69, 9.17) is 4.99 Å². The summed E-state index contributed by atoms with van der Waals surface area (Å²) in [7, 11) is 4.49. The topological polar surface area (TPSA) is 25.3 Å². The second kappa shape index (κ2) is 9.24. The van der Waals surface area contributed by atoms with E-state index in [-0.39, 0.29) is 7.66 Å². The lowest BCUT2D eigenvalue weighted by atomic mass is 10.0. The largest absolute Gasteiger partial charge is 0.367 e. The lowest BCUT2D eigenvalue weighted by Gasteiger charge is -2.41. The van der Waals surface area contributed by atoms with Gasteiger partial charge in [-0.3, -0.25) is 0 Å². The Hall–Kier alpha value is -1.16. The molecule has 0 N–H and O–H groups in total. The molecule has 5 rings (SSSR count). The Kier molecular flexibility index (Phi) is 6.53. The first-order chi connectivity index (χ1) is 15.5. The summed E-state index contributed by atoms with van der Waals surface area (Å²) in [5.74, 6) is 0. The first-order valence-electron chi connectivity index (χ1n) is 11.8. The standard InChI is InChI=1S/C25H34IN5S/c1-5-19-24-22(32(26)21-8-6-7-18(2)23(21)27-24)17-20(30-13-9-28(3)10-14-30)25(19)31-15-11-29(4)12-16-31/h6-8,17H,5,9-16H2,1-4H3. The van der Waals surface area contributed by atoms with Gasteiger partial charge in [-0.05, 0) is 66.3 Å². The molecule has 2 aromatic carbocycles. The van der Waals surface area contributed by atoms with Crippen molar-refractivity contribution in [3.8, 4) is 0 Å². The van der Waals surface area contributed by atoms with Crippen molar-refractivity contribution < 1.29 is 0 Å². The van der Waals surface area contributed by atoms with Gasteiger partial charge in [0.15, 0.2) is 0 Å². The fourth-order valence-electron chi connectivity index (χ4n) is 5.09. The summed E-state index contributed by atoms with van der Waals surface area (Å²) in [5, 5.41) is 1.25. The summed E-state index contributed by atoms with van der Waals surface area (Å²) < 4.78 is 1.42. The summed E-state index contributed by atoms with van der Waals surface area (Å²) in [6.45, 7) is 13.4. The van der Waals surface area contributed by atoms with Crippen molar-refractivity contribution in [2.75, 3.05) is 76.3 Å². The van der Waals surface area contributed by atoms with Gasteiger partial charge in [-0.15, -0.1) is 0 Å². The lowest BCUT2D eigenvalue weighted by Crippen LogP contribution is -2.48.